The van der Waals surface area contributed by atoms with E-state index in [0.29, 0.717) is 25.7 Å². The number of unbranched alkanes of at least 4 members (excludes halogenated alkanes) is 24. The predicted octanol–water partition coefficient (Wildman–Crippen LogP) is 14.2. The van der Waals surface area contributed by atoms with Crippen LogP contribution in [0.3, 0.4) is 0 Å². The van der Waals surface area contributed by atoms with Gasteiger partial charge in [-0.15, -0.1) is 0 Å². The zero-order valence-electron chi connectivity index (χ0n) is 30.9. The van der Waals surface area contributed by atoms with Crippen LogP contribution in [0.1, 0.15) is 226 Å². The third-order valence-electron chi connectivity index (χ3n) is 9.83. The number of carboxylic acids is 2. The van der Waals surface area contributed by atoms with E-state index in [-0.39, 0.29) is 6.42 Å². The van der Waals surface area contributed by atoms with Crippen LogP contribution in [0.5, 0.6) is 0 Å². The van der Waals surface area contributed by atoms with E-state index < -0.39 is 17.4 Å². The molecule has 4 nitrogen and oxygen atoms in total. The van der Waals surface area contributed by atoms with E-state index in [1.54, 1.807) is 0 Å². The van der Waals surface area contributed by atoms with E-state index in [4.69, 9.17) is 5.11 Å². The van der Waals surface area contributed by atoms with Crippen molar-refractivity contribution in [2.45, 2.75) is 226 Å². The van der Waals surface area contributed by atoms with E-state index in [0.717, 1.165) is 25.7 Å². The first-order valence-corrected chi connectivity index (χ1v) is 20.2. The van der Waals surface area contributed by atoms with E-state index in [2.05, 4.69) is 38.2 Å². The van der Waals surface area contributed by atoms with Crippen molar-refractivity contribution in [2.24, 2.45) is 5.41 Å². The minimum Gasteiger partial charge on any atom is -0.481 e. The van der Waals surface area contributed by atoms with Gasteiger partial charge < -0.3 is 10.2 Å². The van der Waals surface area contributed by atoms with Crippen LogP contribution in [-0.2, 0) is 9.59 Å². The first kappa shape index (κ1) is 44.4. The maximum atomic E-state index is 12.5. The molecule has 0 amide bonds. The summed E-state index contributed by atoms with van der Waals surface area (Å²) in [6.45, 7) is 4.53. The first-order chi connectivity index (χ1) is 22.5. The molecule has 4 heteroatoms. The van der Waals surface area contributed by atoms with Crippen molar-refractivity contribution in [3.8, 4) is 0 Å². The molecule has 2 N–H and O–H groups in total. The molecule has 0 rings (SSSR count). The first-order valence-electron chi connectivity index (χ1n) is 20.2. The second-order valence-corrected chi connectivity index (χ2v) is 14.2. The molecule has 0 unspecified atom stereocenters. The largest absolute Gasteiger partial charge is 0.481 e. The van der Waals surface area contributed by atoms with E-state index in [9.17, 15) is 14.7 Å². The quantitative estimate of drug-likeness (QED) is 0.0520. The Hall–Kier alpha value is -1.58. The summed E-state index contributed by atoms with van der Waals surface area (Å²) >= 11 is 0. The van der Waals surface area contributed by atoms with Gasteiger partial charge in [-0.05, 0) is 77.0 Å². The van der Waals surface area contributed by atoms with Gasteiger partial charge >= 0.3 is 11.9 Å². The minimum absolute atomic E-state index is 0.0653. The lowest BCUT2D eigenvalue weighted by molar-refractivity contribution is -0.151. The Kier molecular flexibility index (Phi) is 33.6. The van der Waals surface area contributed by atoms with Crippen molar-refractivity contribution in [2.75, 3.05) is 0 Å². The molecule has 0 aromatic carbocycles. The van der Waals surface area contributed by atoms with Crippen molar-refractivity contribution in [3.63, 3.8) is 0 Å². The normalized spacial score (nSPS) is 13.2. The van der Waals surface area contributed by atoms with Gasteiger partial charge in [-0.2, -0.15) is 0 Å². The fourth-order valence-corrected chi connectivity index (χ4v) is 6.70. The van der Waals surface area contributed by atoms with Crippen LogP contribution in [0.15, 0.2) is 24.3 Å². The number of allylic oxidation sites excluding steroid dienone is 4. The Morgan fingerprint density at radius 3 is 1.00 bits per heavy atom. The molecule has 0 saturated carbocycles. The third-order valence-corrected chi connectivity index (χ3v) is 9.83. The Labute approximate surface area is 286 Å². The second kappa shape index (κ2) is 34.7. The number of carbonyl (C=O) groups is 2. The molecule has 46 heavy (non-hydrogen) atoms. The molecule has 0 aliphatic rings. The molecule has 0 fully saturated rings. The topological polar surface area (TPSA) is 74.6 Å². The molecule has 0 bridgehead atoms. The van der Waals surface area contributed by atoms with Gasteiger partial charge in [0, 0.05) is 6.42 Å². The van der Waals surface area contributed by atoms with Gasteiger partial charge in [-0.3, -0.25) is 9.59 Å². The molecule has 0 saturated heterocycles. The van der Waals surface area contributed by atoms with Gasteiger partial charge in [0.1, 0.15) is 0 Å². The summed E-state index contributed by atoms with van der Waals surface area (Å²) in [5.74, 6) is -1.54. The number of hydrogen-bond donors (Lipinski definition) is 2. The zero-order chi connectivity index (χ0) is 33.8. The van der Waals surface area contributed by atoms with Gasteiger partial charge in [0.2, 0.25) is 0 Å². The average Bonchev–Trinajstić information content (AvgIpc) is 3.03. The van der Waals surface area contributed by atoms with E-state index >= 15 is 0 Å². The average molecular weight is 647 g/mol. The molecule has 0 spiro atoms. The molecule has 0 aromatic heterocycles. The van der Waals surface area contributed by atoms with Crippen molar-refractivity contribution in [1.82, 2.24) is 0 Å². The van der Waals surface area contributed by atoms with Crippen molar-refractivity contribution < 1.29 is 19.8 Å². The highest BCUT2D eigenvalue weighted by Gasteiger charge is 2.36. The fraction of sp³-hybridized carbons (Fsp3) is 0.857. The molecule has 0 heterocycles. The monoisotopic (exact) mass is 647 g/mol. The van der Waals surface area contributed by atoms with Crippen LogP contribution in [-0.4, -0.2) is 22.2 Å². The molecular formula is C42H78O4. The highest BCUT2D eigenvalue weighted by atomic mass is 16.4. The maximum Gasteiger partial charge on any atom is 0.309 e. The molecule has 0 radical (unpaired) electrons. The number of rotatable bonds is 37. The minimum atomic E-state index is -0.825. The zero-order valence-corrected chi connectivity index (χ0v) is 30.9. The van der Waals surface area contributed by atoms with E-state index in [1.807, 2.05) is 0 Å². The number of aliphatic carboxylic acids is 2. The highest BCUT2D eigenvalue weighted by Crippen LogP contribution is 2.37. The van der Waals surface area contributed by atoms with Gasteiger partial charge in [-0.1, -0.05) is 167 Å². The Morgan fingerprint density at radius 1 is 0.413 bits per heavy atom. The lowest BCUT2D eigenvalue weighted by Crippen LogP contribution is -2.31. The smallest absolute Gasteiger partial charge is 0.309 e. The SMILES string of the molecule is CCCCCCCCC=CCCCCCCCCC(CCCCCCCCC=CCCCCCCCC)(CCCC(=O)O)C(=O)O. The second-order valence-electron chi connectivity index (χ2n) is 14.2. The van der Waals surface area contributed by atoms with Gasteiger partial charge in [0.15, 0.2) is 0 Å². The van der Waals surface area contributed by atoms with Crippen molar-refractivity contribution in [3.05, 3.63) is 24.3 Å². The van der Waals surface area contributed by atoms with Crippen LogP contribution in [0.2, 0.25) is 0 Å². The lowest BCUT2D eigenvalue weighted by atomic mass is 9.74. The standard InChI is InChI=1S/C42H78O4/c1-3-5-7-9-11-13-15-17-19-21-23-25-27-29-31-33-37-42(41(45)46,39-35-36-40(43)44)38-34-32-30-28-26-24-22-20-18-16-14-12-10-8-6-4-2/h17-20H,3-16,21-39H2,1-2H3,(H,43,44)(H,45,46). The lowest BCUT2D eigenvalue weighted by Gasteiger charge is -2.30. The summed E-state index contributed by atoms with van der Waals surface area (Å²) < 4.78 is 0. The van der Waals surface area contributed by atoms with Crippen LogP contribution in [0.4, 0.5) is 0 Å². The third kappa shape index (κ3) is 29.8. The summed E-state index contributed by atoms with van der Waals surface area (Å²) in [6, 6.07) is 0. The van der Waals surface area contributed by atoms with Crippen LogP contribution < -0.4 is 0 Å². The maximum absolute atomic E-state index is 12.5. The Bertz CT molecular complexity index is 683. The summed E-state index contributed by atoms with van der Waals surface area (Å²) in [4.78, 5) is 23.7. The van der Waals surface area contributed by atoms with Crippen LogP contribution >= 0.6 is 0 Å². The van der Waals surface area contributed by atoms with Gasteiger partial charge in [0.25, 0.3) is 0 Å². The highest BCUT2D eigenvalue weighted by molar-refractivity contribution is 5.74. The van der Waals surface area contributed by atoms with Gasteiger partial charge in [0.05, 0.1) is 5.41 Å². The van der Waals surface area contributed by atoms with Crippen LogP contribution in [0.25, 0.3) is 0 Å². The molecule has 0 aromatic rings. The van der Waals surface area contributed by atoms with Gasteiger partial charge in [-0.25, -0.2) is 0 Å². The Morgan fingerprint density at radius 2 is 0.696 bits per heavy atom. The summed E-state index contributed by atoms with van der Waals surface area (Å²) in [5, 5.41) is 19.4. The summed E-state index contributed by atoms with van der Waals surface area (Å²) in [6.07, 6.45) is 46.8. The molecule has 0 aliphatic heterocycles. The van der Waals surface area contributed by atoms with E-state index in [1.165, 1.54) is 154 Å². The molecule has 0 aliphatic carbocycles. The number of carboxylic acid groups (broad SMARTS) is 2. The summed E-state index contributed by atoms with van der Waals surface area (Å²) in [5.41, 5.74) is -0.753. The predicted molar refractivity (Wildman–Crippen MR) is 200 cm³/mol. The molecular weight excluding hydrogens is 568 g/mol. The number of hydrogen-bond acceptors (Lipinski definition) is 2. The summed E-state index contributed by atoms with van der Waals surface area (Å²) in [7, 11) is 0. The van der Waals surface area contributed by atoms with Crippen molar-refractivity contribution >= 4 is 11.9 Å². The van der Waals surface area contributed by atoms with Crippen LogP contribution in [0, 0.1) is 5.41 Å². The van der Waals surface area contributed by atoms with Crippen molar-refractivity contribution in [1.29, 1.82) is 0 Å². The Balaban J connectivity index is 4.13. The molecule has 270 valence electrons. The fourth-order valence-electron chi connectivity index (χ4n) is 6.70. The molecule has 0 atom stereocenters.